The normalized spacial score (nSPS) is 22.1. The van der Waals surface area contributed by atoms with Crippen molar-refractivity contribution in [1.82, 2.24) is 30.3 Å². The zero-order chi connectivity index (χ0) is 14.1. The number of fused-ring (bicyclic) bond motifs is 1. The minimum absolute atomic E-state index is 0.0187. The van der Waals surface area contributed by atoms with Crippen molar-refractivity contribution in [2.45, 2.75) is 51.9 Å². The maximum absolute atomic E-state index is 12.0. The van der Waals surface area contributed by atoms with E-state index in [-0.39, 0.29) is 12.1 Å². The van der Waals surface area contributed by atoms with Gasteiger partial charge in [-0.05, 0) is 33.2 Å². The van der Waals surface area contributed by atoms with E-state index in [1.807, 2.05) is 13.8 Å². The molecule has 0 aliphatic carbocycles. The monoisotopic (exact) mass is 278 g/mol. The van der Waals surface area contributed by atoms with E-state index in [2.05, 4.69) is 25.4 Å². The van der Waals surface area contributed by atoms with E-state index < -0.39 is 0 Å². The van der Waals surface area contributed by atoms with Crippen LogP contribution in [-0.2, 0) is 13.1 Å². The molecule has 7 heteroatoms. The molecule has 1 fully saturated rings. The van der Waals surface area contributed by atoms with Crippen molar-refractivity contribution >= 4 is 6.03 Å². The predicted molar refractivity (Wildman–Crippen MR) is 74.1 cm³/mol. The summed E-state index contributed by atoms with van der Waals surface area (Å²) in [5.74, 6) is 1.92. The molecule has 20 heavy (non-hydrogen) atoms. The first-order valence-corrected chi connectivity index (χ1v) is 7.36. The van der Waals surface area contributed by atoms with E-state index in [9.17, 15) is 4.79 Å². The standard InChI is InChI=1S/C13H22N6O/c1-9(2)15-13(20)18-6-7-19-11(8-18)16-17-12(19)10-4-3-5-14-10/h9-10,14H,3-8H2,1-2H3,(H,15,20). The SMILES string of the molecule is CC(C)NC(=O)N1CCn2c(nnc2C2CCCN2)C1. The lowest BCUT2D eigenvalue weighted by molar-refractivity contribution is 0.179. The second-order valence-corrected chi connectivity index (χ2v) is 5.80. The van der Waals surface area contributed by atoms with Crippen LogP contribution < -0.4 is 10.6 Å². The van der Waals surface area contributed by atoms with Gasteiger partial charge >= 0.3 is 6.03 Å². The molecule has 1 aromatic rings. The molecule has 3 heterocycles. The molecule has 1 atom stereocenters. The fraction of sp³-hybridized carbons (Fsp3) is 0.769. The molecular formula is C13H22N6O. The van der Waals surface area contributed by atoms with Gasteiger partial charge in [-0.3, -0.25) is 0 Å². The number of carbonyl (C=O) groups is 1. The van der Waals surface area contributed by atoms with Crippen LogP contribution in [0.2, 0.25) is 0 Å². The molecule has 2 aliphatic rings. The number of nitrogens with one attached hydrogen (secondary N) is 2. The highest BCUT2D eigenvalue weighted by molar-refractivity contribution is 5.74. The number of rotatable bonds is 2. The van der Waals surface area contributed by atoms with E-state index in [0.29, 0.717) is 19.1 Å². The molecular weight excluding hydrogens is 256 g/mol. The minimum Gasteiger partial charge on any atom is -0.336 e. The zero-order valence-electron chi connectivity index (χ0n) is 12.1. The summed E-state index contributed by atoms with van der Waals surface area (Å²) < 4.78 is 2.17. The summed E-state index contributed by atoms with van der Waals surface area (Å²) in [6.07, 6.45) is 2.31. The molecule has 0 spiro atoms. The van der Waals surface area contributed by atoms with Crippen molar-refractivity contribution in [3.05, 3.63) is 11.6 Å². The highest BCUT2D eigenvalue weighted by atomic mass is 16.2. The minimum atomic E-state index is -0.0187. The molecule has 0 radical (unpaired) electrons. The van der Waals surface area contributed by atoms with E-state index in [1.165, 1.54) is 6.42 Å². The number of carbonyl (C=O) groups excluding carboxylic acids is 1. The number of aromatic nitrogens is 3. The van der Waals surface area contributed by atoms with Crippen molar-refractivity contribution < 1.29 is 4.79 Å². The number of nitrogens with zero attached hydrogens (tertiary/aromatic N) is 4. The third kappa shape index (κ3) is 2.49. The second kappa shape index (κ2) is 5.40. The first-order chi connectivity index (χ1) is 9.65. The smallest absolute Gasteiger partial charge is 0.318 e. The van der Waals surface area contributed by atoms with Gasteiger partial charge in [-0.15, -0.1) is 10.2 Å². The summed E-state index contributed by atoms with van der Waals surface area (Å²) in [4.78, 5) is 13.8. The highest BCUT2D eigenvalue weighted by Gasteiger charge is 2.28. The van der Waals surface area contributed by atoms with Gasteiger partial charge in [0.25, 0.3) is 0 Å². The number of urea groups is 1. The van der Waals surface area contributed by atoms with Gasteiger partial charge < -0.3 is 20.1 Å². The molecule has 7 nitrogen and oxygen atoms in total. The molecule has 0 aromatic carbocycles. The summed E-state index contributed by atoms with van der Waals surface area (Å²) >= 11 is 0. The summed E-state index contributed by atoms with van der Waals surface area (Å²) in [7, 11) is 0. The largest absolute Gasteiger partial charge is 0.336 e. The number of hydrogen-bond donors (Lipinski definition) is 2. The summed E-state index contributed by atoms with van der Waals surface area (Å²) in [6, 6.07) is 0.461. The highest BCUT2D eigenvalue weighted by Crippen LogP contribution is 2.24. The van der Waals surface area contributed by atoms with Crippen LogP contribution in [0.5, 0.6) is 0 Å². The van der Waals surface area contributed by atoms with E-state index >= 15 is 0 Å². The van der Waals surface area contributed by atoms with Gasteiger partial charge in [0, 0.05) is 19.1 Å². The number of hydrogen-bond acceptors (Lipinski definition) is 4. The Hall–Kier alpha value is -1.63. The van der Waals surface area contributed by atoms with Gasteiger partial charge in [0.1, 0.15) is 5.82 Å². The van der Waals surface area contributed by atoms with Crippen LogP contribution in [0, 0.1) is 0 Å². The van der Waals surface area contributed by atoms with Crippen molar-refractivity contribution in [3.63, 3.8) is 0 Å². The van der Waals surface area contributed by atoms with Crippen LogP contribution in [-0.4, -0.2) is 44.8 Å². The maximum Gasteiger partial charge on any atom is 0.318 e. The van der Waals surface area contributed by atoms with E-state index in [0.717, 1.165) is 31.2 Å². The third-order valence-electron chi connectivity index (χ3n) is 3.85. The van der Waals surface area contributed by atoms with Gasteiger partial charge in [-0.2, -0.15) is 0 Å². The summed E-state index contributed by atoms with van der Waals surface area (Å²) in [5, 5.41) is 15.0. The van der Waals surface area contributed by atoms with E-state index in [1.54, 1.807) is 4.90 Å². The molecule has 0 saturated carbocycles. The van der Waals surface area contributed by atoms with Gasteiger partial charge in [0.15, 0.2) is 5.82 Å². The lowest BCUT2D eigenvalue weighted by Gasteiger charge is -2.29. The average Bonchev–Trinajstić information content (AvgIpc) is 3.05. The van der Waals surface area contributed by atoms with Crippen LogP contribution >= 0.6 is 0 Å². The maximum atomic E-state index is 12.0. The fourth-order valence-electron chi connectivity index (χ4n) is 2.85. The van der Waals surface area contributed by atoms with Crippen LogP contribution in [0.3, 0.4) is 0 Å². The van der Waals surface area contributed by atoms with Crippen LogP contribution in [0.1, 0.15) is 44.4 Å². The molecule has 1 unspecified atom stereocenters. The molecule has 1 aromatic heterocycles. The lowest BCUT2D eigenvalue weighted by Crippen LogP contribution is -2.46. The Morgan fingerprint density at radius 2 is 2.25 bits per heavy atom. The van der Waals surface area contributed by atoms with Crippen LogP contribution in [0.15, 0.2) is 0 Å². The summed E-state index contributed by atoms with van der Waals surface area (Å²) in [6.45, 7) is 7.02. The molecule has 3 rings (SSSR count). The third-order valence-corrected chi connectivity index (χ3v) is 3.85. The predicted octanol–water partition coefficient (Wildman–Crippen LogP) is 0.636. The zero-order valence-corrected chi connectivity index (χ0v) is 12.1. The molecule has 0 bridgehead atoms. The van der Waals surface area contributed by atoms with Gasteiger partial charge in [-0.25, -0.2) is 4.79 Å². The Morgan fingerprint density at radius 1 is 1.40 bits per heavy atom. The van der Waals surface area contributed by atoms with Gasteiger partial charge in [0.05, 0.1) is 12.6 Å². The Kier molecular flexibility index (Phi) is 3.60. The molecule has 2 aliphatic heterocycles. The first kappa shape index (κ1) is 13.4. The Labute approximate surface area is 118 Å². The van der Waals surface area contributed by atoms with Crippen molar-refractivity contribution in [3.8, 4) is 0 Å². The quantitative estimate of drug-likeness (QED) is 0.832. The first-order valence-electron chi connectivity index (χ1n) is 7.36. The summed E-state index contributed by atoms with van der Waals surface area (Å²) in [5.41, 5.74) is 0. The van der Waals surface area contributed by atoms with Crippen LogP contribution in [0.4, 0.5) is 4.79 Å². The topological polar surface area (TPSA) is 75.1 Å². The van der Waals surface area contributed by atoms with Gasteiger partial charge in [0.2, 0.25) is 0 Å². The van der Waals surface area contributed by atoms with Crippen LogP contribution in [0.25, 0.3) is 0 Å². The molecule has 110 valence electrons. The van der Waals surface area contributed by atoms with Crippen molar-refractivity contribution in [1.29, 1.82) is 0 Å². The second-order valence-electron chi connectivity index (χ2n) is 5.80. The molecule has 1 saturated heterocycles. The molecule has 2 N–H and O–H groups in total. The fourth-order valence-corrected chi connectivity index (χ4v) is 2.85. The average molecular weight is 278 g/mol. The lowest BCUT2D eigenvalue weighted by atomic mass is 10.2. The van der Waals surface area contributed by atoms with Crippen molar-refractivity contribution in [2.24, 2.45) is 0 Å². The molecule has 2 amide bonds. The Balaban J connectivity index is 1.71. The van der Waals surface area contributed by atoms with Gasteiger partial charge in [-0.1, -0.05) is 0 Å². The Bertz CT molecular complexity index is 491. The van der Waals surface area contributed by atoms with Crippen molar-refractivity contribution in [2.75, 3.05) is 13.1 Å². The number of amides is 2. The van der Waals surface area contributed by atoms with E-state index in [4.69, 9.17) is 0 Å². The Morgan fingerprint density at radius 3 is 2.95 bits per heavy atom.